The zero-order valence-corrected chi connectivity index (χ0v) is 12.1. The summed E-state index contributed by atoms with van der Waals surface area (Å²) in [6.45, 7) is 0.377. The van der Waals surface area contributed by atoms with Crippen molar-refractivity contribution in [1.29, 1.82) is 0 Å². The van der Waals surface area contributed by atoms with Gasteiger partial charge in [0.2, 0.25) is 0 Å². The third-order valence-electron chi connectivity index (χ3n) is 3.03. The van der Waals surface area contributed by atoms with Crippen molar-refractivity contribution in [2.24, 2.45) is 5.73 Å². The van der Waals surface area contributed by atoms with E-state index in [1.165, 1.54) is 18.2 Å². The van der Waals surface area contributed by atoms with Crippen LogP contribution in [0.2, 0.25) is 0 Å². The number of nitrogens with two attached hydrogens (primary N) is 1. The normalized spacial score (nSPS) is 11.1. The lowest BCUT2D eigenvalue weighted by Crippen LogP contribution is -2.29. The van der Waals surface area contributed by atoms with Crippen LogP contribution >= 0.6 is 0 Å². The van der Waals surface area contributed by atoms with E-state index in [2.05, 4.69) is 0 Å². The minimum absolute atomic E-state index is 0.0137. The van der Waals surface area contributed by atoms with Crippen molar-refractivity contribution in [2.75, 3.05) is 5.32 Å². The van der Waals surface area contributed by atoms with Gasteiger partial charge in [-0.1, -0.05) is 30.3 Å². The van der Waals surface area contributed by atoms with E-state index < -0.39 is 12.1 Å². The number of carbonyl (C=O) groups excluding carboxylic acids is 1. The number of hydrogen-bond donors (Lipinski definition) is 2. The molecular formula is C16H15F3N2O2. The summed E-state index contributed by atoms with van der Waals surface area (Å²) in [7, 11) is 0. The van der Waals surface area contributed by atoms with Gasteiger partial charge in [-0.05, 0) is 23.8 Å². The molecule has 0 unspecified atom stereocenters. The summed E-state index contributed by atoms with van der Waals surface area (Å²) in [5, 5.41) is 1.78. The van der Waals surface area contributed by atoms with Crippen LogP contribution in [0.4, 0.5) is 18.9 Å². The largest absolute Gasteiger partial charge is 0.489 e. The molecule has 0 bridgehead atoms. The minimum atomic E-state index is -4.94. The smallest absolute Gasteiger partial charge is 0.471 e. The van der Waals surface area contributed by atoms with Crippen LogP contribution < -0.4 is 15.8 Å². The molecule has 0 saturated carbocycles. The first-order valence-electron chi connectivity index (χ1n) is 6.78. The summed E-state index contributed by atoms with van der Waals surface area (Å²) in [6, 6.07) is 13.6. The zero-order chi connectivity index (χ0) is 16.9. The molecule has 0 aromatic heterocycles. The second kappa shape index (κ2) is 7.15. The fourth-order valence-electron chi connectivity index (χ4n) is 1.89. The summed E-state index contributed by atoms with van der Waals surface area (Å²) in [6.07, 6.45) is -4.94. The lowest BCUT2D eigenvalue weighted by molar-refractivity contribution is -0.167. The van der Waals surface area contributed by atoms with Crippen LogP contribution in [0, 0.1) is 0 Å². The second-order valence-corrected chi connectivity index (χ2v) is 4.75. The van der Waals surface area contributed by atoms with Gasteiger partial charge in [-0.15, -0.1) is 0 Å². The van der Waals surface area contributed by atoms with Crippen LogP contribution in [-0.4, -0.2) is 12.1 Å². The van der Waals surface area contributed by atoms with E-state index in [9.17, 15) is 18.0 Å². The number of hydrogen-bond acceptors (Lipinski definition) is 3. The maximum Gasteiger partial charge on any atom is 0.471 e. The average Bonchev–Trinajstić information content (AvgIpc) is 2.53. The molecular weight excluding hydrogens is 309 g/mol. The van der Waals surface area contributed by atoms with Gasteiger partial charge in [-0.3, -0.25) is 4.79 Å². The number of amides is 1. The highest BCUT2D eigenvalue weighted by atomic mass is 19.4. The van der Waals surface area contributed by atoms with Crippen molar-refractivity contribution in [2.45, 2.75) is 19.3 Å². The highest BCUT2D eigenvalue weighted by Crippen LogP contribution is 2.25. The number of benzene rings is 2. The molecule has 23 heavy (non-hydrogen) atoms. The summed E-state index contributed by atoms with van der Waals surface area (Å²) >= 11 is 0. The van der Waals surface area contributed by atoms with Gasteiger partial charge in [0.15, 0.2) is 0 Å². The molecule has 2 rings (SSSR count). The third-order valence-corrected chi connectivity index (χ3v) is 3.03. The molecule has 0 aliphatic carbocycles. The monoisotopic (exact) mass is 324 g/mol. The van der Waals surface area contributed by atoms with Gasteiger partial charge in [0.05, 0.1) is 0 Å². The molecule has 0 atom stereocenters. The van der Waals surface area contributed by atoms with Crippen molar-refractivity contribution >= 4 is 11.6 Å². The van der Waals surface area contributed by atoms with E-state index in [0.717, 1.165) is 5.56 Å². The molecule has 1 amide bonds. The van der Waals surface area contributed by atoms with Gasteiger partial charge in [-0.2, -0.15) is 13.2 Å². The molecule has 0 radical (unpaired) electrons. The maximum atomic E-state index is 12.2. The molecule has 0 heterocycles. The number of halogens is 3. The molecule has 0 aliphatic rings. The van der Waals surface area contributed by atoms with Crippen LogP contribution in [0.25, 0.3) is 0 Å². The molecule has 3 N–H and O–H groups in total. The fourth-order valence-corrected chi connectivity index (χ4v) is 1.89. The van der Waals surface area contributed by atoms with E-state index in [-0.39, 0.29) is 12.2 Å². The van der Waals surface area contributed by atoms with E-state index >= 15 is 0 Å². The number of ether oxygens (including phenoxy) is 1. The van der Waals surface area contributed by atoms with Crippen molar-refractivity contribution in [3.63, 3.8) is 0 Å². The Labute approximate surface area is 131 Å². The summed E-state index contributed by atoms with van der Waals surface area (Å²) in [4.78, 5) is 10.9. The van der Waals surface area contributed by atoms with Crippen LogP contribution in [-0.2, 0) is 17.9 Å². The second-order valence-electron chi connectivity index (χ2n) is 4.75. The van der Waals surface area contributed by atoms with E-state index in [4.69, 9.17) is 10.5 Å². The van der Waals surface area contributed by atoms with Crippen molar-refractivity contribution in [3.8, 4) is 5.75 Å². The Morgan fingerprint density at radius 3 is 2.43 bits per heavy atom. The first-order valence-corrected chi connectivity index (χ1v) is 6.78. The van der Waals surface area contributed by atoms with Gasteiger partial charge >= 0.3 is 12.1 Å². The summed E-state index contributed by atoms with van der Waals surface area (Å²) in [5.74, 6) is -1.57. The Balaban J connectivity index is 2.09. The molecule has 0 aliphatic heterocycles. The number of alkyl halides is 3. The molecule has 0 spiro atoms. The summed E-state index contributed by atoms with van der Waals surface area (Å²) < 4.78 is 42.4. The SMILES string of the molecule is NCc1cc(NC(=O)C(F)(F)F)ccc1OCc1ccccc1. The average molecular weight is 324 g/mol. The first kappa shape index (κ1) is 16.8. The van der Waals surface area contributed by atoms with Crippen LogP contribution in [0.3, 0.4) is 0 Å². The highest BCUT2D eigenvalue weighted by molar-refractivity contribution is 5.95. The van der Waals surface area contributed by atoms with Crippen LogP contribution in [0.1, 0.15) is 11.1 Å². The molecule has 0 saturated heterocycles. The lowest BCUT2D eigenvalue weighted by atomic mass is 10.1. The van der Waals surface area contributed by atoms with Gasteiger partial charge < -0.3 is 15.8 Å². The molecule has 0 fully saturated rings. The quantitative estimate of drug-likeness (QED) is 0.887. The van der Waals surface area contributed by atoms with Gasteiger partial charge in [-0.25, -0.2) is 0 Å². The molecule has 4 nitrogen and oxygen atoms in total. The van der Waals surface area contributed by atoms with Gasteiger partial charge in [0.25, 0.3) is 0 Å². The third kappa shape index (κ3) is 4.72. The number of carbonyl (C=O) groups is 1. The predicted molar refractivity (Wildman–Crippen MR) is 79.8 cm³/mol. The number of nitrogens with one attached hydrogen (secondary N) is 1. The predicted octanol–water partition coefficient (Wildman–Crippen LogP) is 3.23. The van der Waals surface area contributed by atoms with E-state index in [0.29, 0.717) is 17.9 Å². The van der Waals surface area contributed by atoms with Crippen LogP contribution in [0.5, 0.6) is 5.75 Å². The van der Waals surface area contributed by atoms with Gasteiger partial charge in [0.1, 0.15) is 12.4 Å². The fraction of sp³-hybridized carbons (Fsp3) is 0.188. The van der Waals surface area contributed by atoms with E-state index in [1.807, 2.05) is 30.3 Å². The molecule has 2 aromatic rings. The standard InChI is InChI=1S/C16H15F3N2O2/c17-16(18,19)15(22)21-13-6-7-14(12(8-13)9-20)23-10-11-4-2-1-3-5-11/h1-8H,9-10,20H2,(H,21,22). The van der Waals surface area contributed by atoms with Crippen LogP contribution in [0.15, 0.2) is 48.5 Å². The molecule has 122 valence electrons. The number of rotatable bonds is 5. The van der Waals surface area contributed by atoms with Gasteiger partial charge in [0, 0.05) is 17.8 Å². The van der Waals surface area contributed by atoms with Crippen molar-refractivity contribution in [3.05, 3.63) is 59.7 Å². The molecule has 7 heteroatoms. The Morgan fingerprint density at radius 2 is 1.83 bits per heavy atom. The first-order chi connectivity index (χ1) is 10.9. The highest BCUT2D eigenvalue weighted by Gasteiger charge is 2.38. The number of anilines is 1. The Bertz CT molecular complexity index is 673. The minimum Gasteiger partial charge on any atom is -0.489 e. The van der Waals surface area contributed by atoms with Crippen molar-refractivity contribution < 1.29 is 22.7 Å². The maximum absolute atomic E-state index is 12.2. The Morgan fingerprint density at radius 1 is 1.13 bits per heavy atom. The zero-order valence-electron chi connectivity index (χ0n) is 12.1. The molecule has 2 aromatic carbocycles. The van der Waals surface area contributed by atoms with E-state index in [1.54, 1.807) is 5.32 Å². The topological polar surface area (TPSA) is 64.3 Å². The summed E-state index contributed by atoms with van der Waals surface area (Å²) in [5.41, 5.74) is 7.05. The Kier molecular flexibility index (Phi) is 5.23. The lowest BCUT2D eigenvalue weighted by Gasteiger charge is -2.13. The Hall–Kier alpha value is -2.54. The van der Waals surface area contributed by atoms with Crippen molar-refractivity contribution in [1.82, 2.24) is 0 Å².